The molecular formula is C22H28FN5O5. The maximum atomic E-state index is 13.6. The Kier molecular flexibility index (Phi) is 7.64. The first-order chi connectivity index (χ1) is 15.7. The lowest BCUT2D eigenvalue weighted by atomic mass is 10.0. The number of oxime groups is 1. The molecule has 1 unspecified atom stereocenters. The summed E-state index contributed by atoms with van der Waals surface area (Å²) in [6.45, 7) is 4.51. The highest BCUT2D eigenvalue weighted by Crippen LogP contribution is 2.24. The maximum Gasteiger partial charge on any atom is 0.330 e. The number of nitrogens with two attached hydrogens (primary N) is 1. The number of aromatic nitrogens is 2. The van der Waals surface area contributed by atoms with Crippen molar-refractivity contribution in [2.45, 2.75) is 39.3 Å². The Morgan fingerprint density at radius 1 is 1.42 bits per heavy atom. The van der Waals surface area contributed by atoms with Gasteiger partial charge in [0, 0.05) is 38.8 Å². The number of methoxy groups -OCH3 is 1. The van der Waals surface area contributed by atoms with E-state index in [1.807, 2.05) is 13.8 Å². The molecular weight excluding hydrogens is 433 g/mol. The first kappa shape index (κ1) is 24.2. The molecule has 2 heterocycles. The molecule has 0 spiro atoms. The van der Waals surface area contributed by atoms with E-state index in [1.165, 1.54) is 34.8 Å². The molecule has 0 bridgehead atoms. The topological polar surface area (TPSA) is 132 Å². The van der Waals surface area contributed by atoms with Crippen molar-refractivity contribution >= 4 is 23.1 Å². The van der Waals surface area contributed by atoms with Gasteiger partial charge < -0.3 is 20.2 Å². The Bertz CT molecular complexity index is 1160. The van der Waals surface area contributed by atoms with Crippen molar-refractivity contribution < 1.29 is 18.8 Å². The molecule has 1 aliphatic rings. The van der Waals surface area contributed by atoms with Crippen LogP contribution in [-0.2, 0) is 20.9 Å². The van der Waals surface area contributed by atoms with E-state index >= 15 is 0 Å². The molecule has 33 heavy (non-hydrogen) atoms. The van der Waals surface area contributed by atoms with Gasteiger partial charge in [0.2, 0.25) is 6.10 Å². The van der Waals surface area contributed by atoms with Crippen LogP contribution in [0.25, 0.3) is 0 Å². The van der Waals surface area contributed by atoms with Gasteiger partial charge in [-0.3, -0.25) is 19.1 Å². The molecule has 1 amide bonds. The molecule has 3 rings (SSSR count). The molecule has 0 fully saturated rings. The fourth-order valence-corrected chi connectivity index (χ4v) is 3.61. The summed E-state index contributed by atoms with van der Waals surface area (Å²) in [6.07, 6.45) is -0.531. The molecule has 0 aliphatic carbocycles. The lowest BCUT2D eigenvalue weighted by molar-refractivity contribution is -0.128. The van der Waals surface area contributed by atoms with Gasteiger partial charge >= 0.3 is 5.69 Å². The number of ether oxygens (including phenoxy) is 1. The van der Waals surface area contributed by atoms with Crippen molar-refractivity contribution in [2.24, 2.45) is 11.1 Å². The second-order valence-electron chi connectivity index (χ2n) is 8.18. The number of rotatable bonds is 9. The van der Waals surface area contributed by atoms with Gasteiger partial charge in [0.15, 0.2) is 5.69 Å². The second-order valence-corrected chi connectivity index (χ2v) is 8.18. The van der Waals surface area contributed by atoms with Gasteiger partial charge in [-0.15, -0.1) is 0 Å². The number of aromatic amines is 1. The Morgan fingerprint density at radius 2 is 2.18 bits per heavy atom. The van der Waals surface area contributed by atoms with Crippen LogP contribution in [-0.4, -0.2) is 47.5 Å². The van der Waals surface area contributed by atoms with Crippen LogP contribution in [0, 0.1) is 11.7 Å². The number of carbonyl (C=O) groups is 1. The van der Waals surface area contributed by atoms with Crippen molar-refractivity contribution in [3.05, 3.63) is 56.5 Å². The number of benzene rings is 1. The van der Waals surface area contributed by atoms with Gasteiger partial charge in [-0.2, -0.15) is 0 Å². The van der Waals surface area contributed by atoms with Crippen LogP contribution >= 0.6 is 0 Å². The van der Waals surface area contributed by atoms with Crippen molar-refractivity contribution in [1.29, 1.82) is 0 Å². The van der Waals surface area contributed by atoms with Crippen molar-refractivity contribution in [3.8, 4) is 0 Å². The number of H-pyrrole nitrogens is 1. The molecule has 10 nitrogen and oxygen atoms in total. The summed E-state index contributed by atoms with van der Waals surface area (Å²) in [6, 6.07) is 5.81. The predicted molar refractivity (Wildman–Crippen MR) is 122 cm³/mol. The van der Waals surface area contributed by atoms with Gasteiger partial charge in [0.25, 0.3) is 11.5 Å². The molecule has 3 N–H and O–H groups in total. The van der Waals surface area contributed by atoms with Crippen molar-refractivity contribution in [1.82, 2.24) is 9.55 Å². The number of nitrogen functional groups attached to an aromatic ring is 1. The van der Waals surface area contributed by atoms with Gasteiger partial charge in [0.1, 0.15) is 11.6 Å². The van der Waals surface area contributed by atoms with Crippen LogP contribution < -0.4 is 21.9 Å². The first-order valence-corrected chi connectivity index (χ1v) is 10.6. The van der Waals surface area contributed by atoms with Gasteiger partial charge in [-0.25, -0.2) is 9.18 Å². The average Bonchev–Trinajstić information content (AvgIpc) is 3.25. The maximum absolute atomic E-state index is 13.6. The summed E-state index contributed by atoms with van der Waals surface area (Å²) < 4.78 is 19.9. The molecule has 1 atom stereocenters. The number of amides is 1. The van der Waals surface area contributed by atoms with E-state index in [2.05, 4.69) is 10.1 Å². The average molecular weight is 461 g/mol. The van der Waals surface area contributed by atoms with E-state index in [0.29, 0.717) is 24.3 Å². The quantitative estimate of drug-likeness (QED) is 0.544. The minimum Gasteiger partial charge on any atom is -0.385 e. The summed E-state index contributed by atoms with van der Waals surface area (Å²) >= 11 is 0. The number of anilines is 2. The highest BCUT2D eigenvalue weighted by Gasteiger charge is 2.35. The monoisotopic (exact) mass is 461 g/mol. The van der Waals surface area contributed by atoms with E-state index in [4.69, 9.17) is 15.3 Å². The fraction of sp³-hybridized carbons (Fsp3) is 0.455. The number of hydrogen-bond donors (Lipinski definition) is 2. The number of halogens is 1. The molecule has 178 valence electrons. The standard InChI is InChI=1S/C22H28FN5O5/c1-13(2)12-28-19(24)18(20(29)25-22(28)31)27(8-5-9-32-3)21(30)17-11-16(26-33-17)14-6-4-7-15(23)10-14/h4,6-7,10,13,17H,5,8-9,11-12,24H2,1-3H3,(H,25,29,31). The van der Waals surface area contributed by atoms with Crippen LogP contribution in [0.5, 0.6) is 0 Å². The number of carbonyl (C=O) groups excluding carboxylic acids is 1. The SMILES string of the molecule is COCCCN(C(=O)C1CC(c2cccc(F)c2)=NO1)c1c(N)n(CC(C)C)c(=O)[nH]c1=O. The van der Waals surface area contributed by atoms with E-state index in [-0.39, 0.29) is 36.9 Å². The lowest BCUT2D eigenvalue weighted by Gasteiger charge is -2.26. The zero-order valence-electron chi connectivity index (χ0n) is 18.8. The molecule has 1 aliphatic heterocycles. The zero-order valence-corrected chi connectivity index (χ0v) is 18.8. The molecule has 1 aromatic heterocycles. The summed E-state index contributed by atoms with van der Waals surface area (Å²) in [4.78, 5) is 47.3. The van der Waals surface area contributed by atoms with Crippen molar-refractivity contribution in [2.75, 3.05) is 30.9 Å². The third-order valence-corrected chi connectivity index (χ3v) is 5.13. The van der Waals surface area contributed by atoms with E-state index in [1.54, 1.807) is 6.07 Å². The van der Waals surface area contributed by atoms with Gasteiger partial charge in [-0.1, -0.05) is 31.1 Å². The molecule has 0 saturated carbocycles. The summed E-state index contributed by atoms with van der Waals surface area (Å²) in [7, 11) is 1.52. The van der Waals surface area contributed by atoms with Gasteiger partial charge in [-0.05, 0) is 24.5 Å². The normalized spacial score (nSPS) is 15.4. The minimum absolute atomic E-state index is 0.0711. The fourth-order valence-electron chi connectivity index (χ4n) is 3.61. The second kappa shape index (κ2) is 10.4. The van der Waals surface area contributed by atoms with Crippen LogP contribution in [0.1, 0.15) is 32.3 Å². The largest absolute Gasteiger partial charge is 0.385 e. The lowest BCUT2D eigenvalue weighted by Crippen LogP contribution is -2.46. The summed E-state index contributed by atoms with van der Waals surface area (Å²) in [5, 5.41) is 3.94. The number of nitrogens with one attached hydrogen (secondary N) is 1. The first-order valence-electron chi connectivity index (χ1n) is 10.6. The number of hydrogen-bond acceptors (Lipinski definition) is 7. The molecule has 11 heteroatoms. The highest BCUT2D eigenvalue weighted by molar-refractivity contribution is 6.07. The van der Waals surface area contributed by atoms with Crippen molar-refractivity contribution in [3.63, 3.8) is 0 Å². The summed E-state index contributed by atoms with van der Waals surface area (Å²) in [5.74, 6) is -1.01. The third-order valence-electron chi connectivity index (χ3n) is 5.13. The third kappa shape index (κ3) is 5.48. The molecule has 2 aromatic rings. The molecule has 0 radical (unpaired) electrons. The zero-order chi connectivity index (χ0) is 24.1. The minimum atomic E-state index is -1.03. The Balaban J connectivity index is 1.93. The van der Waals surface area contributed by atoms with Crippen LogP contribution in [0.2, 0.25) is 0 Å². The smallest absolute Gasteiger partial charge is 0.330 e. The van der Waals surface area contributed by atoms with Crippen LogP contribution in [0.4, 0.5) is 15.9 Å². The molecule has 0 saturated heterocycles. The van der Waals surface area contributed by atoms with E-state index < -0.39 is 29.1 Å². The van der Waals surface area contributed by atoms with E-state index in [0.717, 1.165) is 0 Å². The van der Waals surface area contributed by atoms with Crippen LogP contribution in [0.15, 0.2) is 39.0 Å². The highest BCUT2D eigenvalue weighted by atomic mass is 19.1. The Morgan fingerprint density at radius 3 is 2.85 bits per heavy atom. The Hall–Kier alpha value is -3.47. The van der Waals surface area contributed by atoms with E-state index in [9.17, 15) is 18.8 Å². The summed E-state index contributed by atoms with van der Waals surface area (Å²) in [5.41, 5.74) is 5.59. The Labute approximate surface area is 189 Å². The van der Waals surface area contributed by atoms with Gasteiger partial charge in [0.05, 0.1) is 5.71 Å². The predicted octanol–water partition coefficient (Wildman–Crippen LogP) is 1.48. The molecule has 1 aromatic carbocycles. The number of nitrogens with zero attached hydrogens (tertiary/aromatic N) is 3. The van der Waals surface area contributed by atoms with Crippen LogP contribution in [0.3, 0.4) is 0 Å².